The zero-order chi connectivity index (χ0) is 12.3. The van der Waals surface area contributed by atoms with Crippen LogP contribution in [0.1, 0.15) is 37.8 Å². The molecule has 2 rings (SSSR count). The molecule has 1 aliphatic carbocycles. The first-order chi connectivity index (χ1) is 8.24. The highest BCUT2D eigenvalue weighted by molar-refractivity contribution is 5.56. The number of rotatable bonds is 5. The predicted octanol–water partition coefficient (Wildman–Crippen LogP) is 2.59. The second-order valence-corrected chi connectivity index (χ2v) is 4.68. The second kappa shape index (κ2) is 5.20. The average Bonchev–Trinajstić information content (AvgIpc) is 3.14. The lowest BCUT2D eigenvalue weighted by atomic mass is 10.1. The summed E-state index contributed by atoms with van der Waals surface area (Å²) in [6.07, 6.45) is 3.04. The number of hydrogen-bond acceptors (Lipinski definition) is 3. The molecule has 1 saturated carbocycles. The summed E-state index contributed by atoms with van der Waals surface area (Å²) in [5.74, 6) is 0. The van der Waals surface area contributed by atoms with Gasteiger partial charge in [0.15, 0.2) is 0 Å². The van der Waals surface area contributed by atoms with Gasteiger partial charge in [0, 0.05) is 24.3 Å². The normalized spacial score (nSPS) is 16.3. The van der Waals surface area contributed by atoms with Crippen LogP contribution in [0.2, 0.25) is 0 Å². The van der Waals surface area contributed by atoms with Crippen LogP contribution in [0.15, 0.2) is 24.3 Å². The molecule has 0 aromatic heterocycles. The highest BCUT2D eigenvalue weighted by atomic mass is 15.2. The van der Waals surface area contributed by atoms with Gasteiger partial charge in [-0.2, -0.15) is 5.26 Å². The maximum Gasteiger partial charge on any atom is 0.0640 e. The second-order valence-electron chi connectivity index (χ2n) is 4.68. The van der Waals surface area contributed by atoms with Crippen molar-refractivity contribution < 1.29 is 0 Å². The minimum Gasteiger partial charge on any atom is -0.367 e. The van der Waals surface area contributed by atoms with Gasteiger partial charge in [-0.1, -0.05) is 18.2 Å². The van der Waals surface area contributed by atoms with E-state index < -0.39 is 0 Å². The summed E-state index contributed by atoms with van der Waals surface area (Å²) < 4.78 is 0. The number of para-hydroxylation sites is 1. The van der Waals surface area contributed by atoms with Crippen LogP contribution in [0.3, 0.4) is 0 Å². The Kier molecular flexibility index (Phi) is 3.65. The fraction of sp³-hybridized carbons (Fsp3) is 0.500. The molecule has 2 N–H and O–H groups in total. The lowest BCUT2D eigenvalue weighted by Crippen LogP contribution is -2.28. The number of nitrogens with zero attached hydrogens (tertiary/aromatic N) is 2. The van der Waals surface area contributed by atoms with Crippen molar-refractivity contribution in [2.45, 2.75) is 38.3 Å². The number of nitrogens with two attached hydrogens (primary N) is 1. The molecule has 3 nitrogen and oxygen atoms in total. The van der Waals surface area contributed by atoms with E-state index in [1.54, 1.807) is 0 Å². The Hall–Kier alpha value is -1.53. The molecule has 0 aliphatic heterocycles. The molecule has 90 valence electrons. The molecule has 1 aromatic rings. The summed E-state index contributed by atoms with van der Waals surface area (Å²) in [6.45, 7) is 2.82. The zero-order valence-corrected chi connectivity index (χ0v) is 10.3. The van der Waals surface area contributed by atoms with Gasteiger partial charge in [0.2, 0.25) is 0 Å². The monoisotopic (exact) mass is 229 g/mol. The third-order valence-electron chi connectivity index (χ3n) is 3.19. The first-order valence-corrected chi connectivity index (χ1v) is 6.22. The molecule has 0 spiro atoms. The molecule has 0 unspecified atom stereocenters. The summed E-state index contributed by atoms with van der Waals surface area (Å²) in [5.41, 5.74) is 8.40. The molecule has 0 radical (unpaired) electrons. The summed E-state index contributed by atoms with van der Waals surface area (Å²) in [5, 5.41) is 8.74. The molecule has 1 fully saturated rings. The summed E-state index contributed by atoms with van der Waals surface area (Å²) >= 11 is 0. The fourth-order valence-electron chi connectivity index (χ4n) is 2.19. The molecule has 17 heavy (non-hydrogen) atoms. The van der Waals surface area contributed by atoms with Crippen molar-refractivity contribution in [2.24, 2.45) is 5.73 Å². The Bertz CT molecular complexity index is 416. The van der Waals surface area contributed by atoms with Crippen molar-refractivity contribution in [3.8, 4) is 6.07 Å². The first-order valence-electron chi connectivity index (χ1n) is 6.22. The molecule has 0 heterocycles. The van der Waals surface area contributed by atoms with E-state index >= 15 is 0 Å². The number of anilines is 1. The molecular formula is C14H19N3. The minimum absolute atomic E-state index is 0.0366. The van der Waals surface area contributed by atoms with Gasteiger partial charge >= 0.3 is 0 Å². The van der Waals surface area contributed by atoms with Crippen LogP contribution < -0.4 is 10.6 Å². The van der Waals surface area contributed by atoms with Crippen molar-refractivity contribution >= 4 is 5.69 Å². The molecular weight excluding hydrogens is 210 g/mol. The Labute approximate surface area is 103 Å². The highest BCUT2D eigenvalue weighted by Gasteiger charge is 2.30. The minimum atomic E-state index is 0.0366. The largest absolute Gasteiger partial charge is 0.367 e. The Morgan fingerprint density at radius 3 is 2.76 bits per heavy atom. The van der Waals surface area contributed by atoms with E-state index in [-0.39, 0.29) is 6.04 Å². The Morgan fingerprint density at radius 1 is 1.47 bits per heavy atom. The Morgan fingerprint density at radius 2 is 2.18 bits per heavy atom. The van der Waals surface area contributed by atoms with Gasteiger partial charge in [-0.05, 0) is 31.4 Å². The molecule has 0 amide bonds. The van der Waals surface area contributed by atoms with Gasteiger partial charge in [0.1, 0.15) is 0 Å². The number of benzene rings is 1. The Balaban J connectivity index is 2.25. The SMILES string of the molecule is C[C@H](N)c1ccccc1N(CCC#N)C1CC1. The van der Waals surface area contributed by atoms with Crippen molar-refractivity contribution in [2.75, 3.05) is 11.4 Å². The van der Waals surface area contributed by atoms with Crippen LogP contribution in [-0.2, 0) is 0 Å². The topological polar surface area (TPSA) is 53.0 Å². The van der Waals surface area contributed by atoms with E-state index in [1.165, 1.54) is 24.1 Å². The van der Waals surface area contributed by atoms with Gasteiger partial charge in [0.25, 0.3) is 0 Å². The smallest absolute Gasteiger partial charge is 0.0640 e. The lowest BCUT2D eigenvalue weighted by Gasteiger charge is -2.27. The fourth-order valence-corrected chi connectivity index (χ4v) is 2.19. The van der Waals surface area contributed by atoms with E-state index in [0.29, 0.717) is 12.5 Å². The van der Waals surface area contributed by atoms with Crippen molar-refractivity contribution in [3.63, 3.8) is 0 Å². The standard InChI is InChI=1S/C14H19N3/c1-11(16)13-5-2-3-6-14(13)17(10-4-9-15)12-7-8-12/h2-3,5-6,11-12H,4,7-8,10,16H2,1H3/t11-/m0/s1. The molecule has 0 saturated heterocycles. The van der Waals surface area contributed by atoms with Gasteiger partial charge in [-0.3, -0.25) is 0 Å². The van der Waals surface area contributed by atoms with Gasteiger partial charge < -0.3 is 10.6 Å². The van der Waals surface area contributed by atoms with Crippen LogP contribution in [0.25, 0.3) is 0 Å². The van der Waals surface area contributed by atoms with Crippen LogP contribution in [-0.4, -0.2) is 12.6 Å². The summed E-state index contributed by atoms with van der Waals surface area (Å²) in [7, 11) is 0. The quantitative estimate of drug-likeness (QED) is 0.844. The van der Waals surface area contributed by atoms with Crippen LogP contribution in [0, 0.1) is 11.3 Å². The third-order valence-corrected chi connectivity index (χ3v) is 3.19. The first kappa shape index (κ1) is 11.9. The zero-order valence-electron chi connectivity index (χ0n) is 10.3. The van der Waals surface area contributed by atoms with E-state index in [1.807, 2.05) is 19.1 Å². The maximum absolute atomic E-state index is 8.74. The third kappa shape index (κ3) is 2.78. The molecule has 1 aliphatic rings. The molecule has 0 bridgehead atoms. The van der Waals surface area contributed by atoms with E-state index in [2.05, 4.69) is 23.1 Å². The average molecular weight is 229 g/mol. The molecule has 1 atom stereocenters. The van der Waals surface area contributed by atoms with E-state index in [9.17, 15) is 0 Å². The van der Waals surface area contributed by atoms with Crippen LogP contribution >= 0.6 is 0 Å². The van der Waals surface area contributed by atoms with Gasteiger partial charge in [0.05, 0.1) is 12.5 Å². The highest BCUT2D eigenvalue weighted by Crippen LogP contribution is 2.35. The lowest BCUT2D eigenvalue weighted by molar-refractivity contribution is 0.759. The number of hydrogen-bond donors (Lipinski definition) is 1. The van der Waals surface area contributed by atoms with Crippen molar-refractivity contribution in [3.05, 3.63) is 29.8 Å². The van der Waals surface area contributed by atoms with Crippen LogP contribution in [0.5, 0.6) is 0 Å². The summed E-state index contributed by atoms with van der Waals surface area (Å²) in [4.78, 5) is 2.35. The van der Waals surface area contributed by atoms with Gasteiger partial charge in [-0.15, -0.1) is 0 Å². The predicted molar refractivity (Wildman–Crippen MR) is 69.6 cm³/mol. The molecule has 3 heteroatoms. The van der Waals surface area contributed by atoms with Crippen molar-refractivity contribution in [1.29, 1.82) is 5.26 Å². The summed E-state index contributed by atoms with van der Waals surface area (Å²) in [6, 6.07) is 11.2. The maximum atomic E-state index is 8.74. The van der Waals surface area contributed by atoms with Crippen LogP contribution in [0.4, 0.5) is 5.69 Å². The van der Waals surface area contributed by atoms with Crippen molar-refractivity contribution in [1.82, 2.24) is 0 Å². The van der Waals surface area contributed by atoms with E-state index in [4.69, 9.17) is 11.0 Å². The number of nitriles is 1. The van der Waals surface area contributed by atoms with E-state index in [0.717, 1.165) is 6.54 Å². The van der Waals surface area contributed by atoms with Gasteiger partial charge in [-0.25, -0.2) is 0 Å². The molecule has 1 aromatic carbocycles.